The van der Waals surface area contributed by atoms with Gasteiger partial charge >= 0.3 is 0 Å². The first kappa shape index (κ1) is 14.2. The van der Waals surface area contributed by atoms with E-state index in [1.54, 1.807) is 7.11 Å². The Morgan fingerprint density at radius 2 is 2.25 bits per heavy atom. The van der Waals surface area contributed by atoms with Crippen molar-refractivity contribution in [2.75, 3.05) is 13.7 Å². The van der Waals surface area contributed by atoms with Crippen molar-refractivity contribution < 1.29 is 9.47 Å². The number of ether oxygens (including phenoxy) is 2. The highest BCUT2D eigenvalue weighted by Crippen LogP contribution is 2.47. The normalized spacial score (nSPS) is 26.1. The summed E-state index contributed by atoms with van der Waals surface area (Å²) in [5.74, 6) is 1.25. The fourth-order valence-electron chi connectivity index (χ4n) is 3.51. The Balaban J connectivity index is 1.79. The highest BCUT2D eigenvalue weighted by molar-refractivity contribution is 6.30. The predicted molar refractivity (Wildman–Crippen MR) is 80.2 cm³/mol. The van der Waals surface area contributed by atoms with E-state index in [1.807, 2.05) is 18.2 Å². The summed E-state index contributed by atoms with van der Waals surface area (Å²) < 4.78 is 11.4. The minimum absolute atomic E-state index is 0.0106. The van der Waals surface area contributed by atoms with Crippen molar-refractivity contribution in [3.05, 3.63) is 28.8 Å². The van der Waals surface area contributed by atoms with Crippen molar-refractivity contribution in [2.45, 2.75) is 43.7 Å². The topological polar surface area (TPSA) is 44.5 Å². The molecule has 2 atom stereocenters. The number of benzene rings is 1. The number of nitrogens with two attached hydrogens (primary N) is 1. The fraction of sp³-hybridized carbons (Fsp3) is 0.625. The van der Waals surface area contributed by atoms with E-state index >= 15 is 0 Å². The van der Waals surface area contributed by atoms with Gasteiger partial charge in [0.1, 0.15) is 5.75 Å². The van der Waals surface area contributed by atoms with E-state index < -0.39 is 0 Å². The second-order valence-electron chi connectivity index (χ2n) is 6.05. The van der Waals surface area contributed by atoms with Gasteiger partial charge in [0, 0.05) is 23.2 Å². The highest BCUT2D eigenvalue weighted by Gasteiger charge is 2.44. The predicted octanol–water partition coefficient (Wildman–Crippen LogP) is 3.70. The SMILES string of the molecule is COc1cc(Cl)ccc1C(N)C1CCOC2(CCC2)C1. The Kier molecular flexibility index (Phi) is 3.93. The van der Waals surface area contributed by atoms with Gasteiger partial charge in [-0.1, -0.05) is 17.7 Å². The smallest absolute Gasteiger partial charge is 0.125 e. The van der Waals surface area contributed by atoms with Crippen LogP contribution < -0.4 is 10.5 Å². The van der Waals surface area contributed by atoms with Crippen LogP contribution in [0.5, 0.6) is 5.75 Å². The van der Waals surface area contributed by atoms with Gasteiger partial charge in [-0.3, -0.25) is 0 Å². The second-order valence-corrected chi connectivity index (χ2v) is 6.49. The van der Waals surface area contributed by atoms with Crippen molar-refractivity contribution in [3.63, 3.8) is 0 Å². The molecule has 1 saturated heterocycles. The number of rotatable bonds is 3. The van der Waals surface area contributed by atoms with E-state index in [0.29, 0.717) is 10.9 Å². The van der Waals surface area contributed by atoms with Gasteiger partial charge in [0.25, 0.3) is 0 Å². The summed E-state index contributed by atoms with van der Waals surface area (Å²) in [6.07, 6.45) is 5.75. The maximum Gasteiger partial charge on any atom is 0.125 e. The molecule has 1 heterocycles. The molecule has 2 aliphatic rings. The summed E-state index contributed by atoms with van der Waals surface area (Å²) in [5, 5.41) is 0.681. The van der Waals surface area contributed by atoms with E-state index in [4.69, 9.17) is 26.8 Å². The van der Waals surface area contributed by atoms with E-state index in [1.165, 1.54) is 19.3 Å². The van der Waals surface area contributed by atoms with Crippen LogP contribution in [0.3, 0.4) is 0 Å². The van der Waals surface area contributed by atoms with Crippen LogP contribution in [0, 0.1) is 5.92 Å². The molecule has 1 aliphatic carbocycles. The van der Waals surface area contributed by atoms with Crippen molar-refractivity contribution in [1.29, 1.82) is 0 Å². The maximum atomic E-state index is 6.52. The molecular formula is C16H22ClNO2. The van der Waals surface area contributed by atoms with Crippen LogP contribution in [0.1, 0.15) is 43.7 Å². The summed E-state index contributed by atoms with van der Waals surface area (Å²) in [4.78, 5) is 0. The molecule has 2 N–H and O–H groups in total. The van der Waals surface area contributed by atoms with Gasteiger partial charge in [0.05, 0.1) is 12.7 Å². The average Bonchev–Trinajstić information content (AvgIpc) is 2.45. The van der Waals surface area contributed by atoms with Crippen LogP contribution in [0.15, 0.2) is 18.2 Å². The van der Waals surface area contributed by atoms with Crippen LogP contribution in [-0.4, -0.2) is 19.3 Å². The van der Waals surface area contributed by atoms with Gasteiger partial charge in [-0.2, -0.15) is 0 Å². The van der Waals surface area contributed by atoms with Crippen LogP contribution >= 0.6 is 11.6 Å². The highest BCUT2D eigenvalue weighted by atomic mass is 35.5. The van der Waals surface area contributed by atoms with Gasteiger partial charge in [-0.15, -0.1) is 0 Å². The summed E-state index contributed by atoms with van der Waals surface area (Å²) in [6, 6.07) is 5.71. The minimum atomic E-state index is -0.0106. The molecule has 1 aromatic rings. The molecule has 0 radical (unpaired) electrons. The molecule has 0 aromatic heterocycles. The van der Waals surface area contributed by atoms with E-state index in [-0.39, 0.29) is 11.6 Å². The van der Waals surface area contributed by atoms with E-state index in [0.717, 1.165) is 30.8 Å². The molecule has 20 heavy (non-hydrogen) atoms. The molecule has 0 bridgehead atoms. The zero-order valence-corrected chi connectivity index (χ0v) is 12.7. The molecule has 0 amide bonds. The lowest BCUT2D eigenvalue weighted by molar-refractivity contribution is -0.146. The minimum Gasteiger partial charge on any atom is -0.496 e. The summed E-state index contributed by atoms with van der Waals surface area (Å²) >= 11 is 6.02. The van der Waals surface area contributed by atoms with E-state index in [9.17, 15) is 0 Å². The second kappa shape index (κ2) is 5.55. The Morgan fingerprint density at radius 3 is 2.90 bits per heavy atom. The zero-order valence-electron chi connectivity index (χ0n) is 11.9. The molecular weight excluding hydrogens is 274 g/mol. The number of halogens is 1. The third kappa shape index (κ3) is 2.54. The summed E-state index contributed by atoms with van der Waals surface area (Å²) in [6.45, 7) is 0.828. The first-order chi connectivity index (χ1) is 9.63. The number of methoxy groups -OCH3 is 1. The van der Waals surface area contributed by atoms with Gasteiger partial charge in [-0.05, 0) is 50.2 Å². The lowest BCUT2D eigenvalue weighted by Gasteiger charge is -2.48. The van der Waals surface area contributed by atoms with Crippen LogP contribution in [0.4, 0.5) is 0 Å². The monoisotopic (exact) mass is 295 g/mol. The Bertz CT molecular complexity index is 487. The standard InChI is InChI=1S/C16H22ClNO2/c1-19-14-9-12(17)3-4-13(14)15(18)11-5-8-20-16(10-11)6-2-7-16/h3-4,9,11,15H,2,5-8,10,18H2,1H3. The van der Waals surface area contributed by atoms with E-state index in [2.05, 4.69) is 0 Å². The van der Waals surface area contributed by atoms with Gasteiger partial charge in [0.15, 0.2) is 0 Å². The number of hydrogen-bond donors (Lipinski definition) is 1. The fourth-order valence-corrected chi connectivity index (χ4v) is 3.67. The van der Waals surface area contributed by atoms with Crippen molar-refractivity contribution in [2.24, 2.45) is 11.7 Å². The molecule has 1 spiro atoms. The lowest BCUT2D eigenvalue weighted by Crippen LogP contribution is -2.47. The molecule has 4 heteroatoms. The molecule has 1 saturated carbocycles. The van der Waals surface area contributed by atoms with Gasteiger partial charge < -0.3 is 15.2 Å². The Hall–Kier alpha value is -0.770. The molecule has 1 aliphatic heterocycles. The number of hydrogen-bond acceptors (Lipinski definition) is 3. The zero-order chi connectivity index (χ0) is 14.2. The largest absolute Gasteiger partial charge is 0.496 e. The summed E-state index contributed by atoms with van der Waals surface area (Å²) in [7, 11) is 1.67. The van der Waals surface area contributed by atoms with Crippen LogP contribution in [-0.2, 0) is 4.74 Å². The first-order valence-corrected chi connectivity index (χ1v) is 7.74. The average molecular weight is 296 g/mol. The third-order valence-corrected chi connectivity index (χ3v) is 5.09. The molecule has 2 unspecified atom stereocenters. The lowest BCUT2D eigenvalue weighted by atomic mass is 9.70. The third-order valence-electron chi connectivity index (χ3n) is 4.86. The molecule has 3 nitrogen and oxygen atoms in total. The molecule has 2 fully saturated rings. The molecule has 1 aromatic carbocycles. The van der Waals surface area contributed by atoms with Crippen molar-refractivity contribution >= 4 is 11.6 Å². The van der Waals surface area contributed by atoms with Crippen molar-refractivity contribution in [3.8, 4) is 5.75 Å². The Labute approximate surface area is 125 Å². The first-order valence-electron chi connectivity index (χ1n) is 7.36. The Morgan fingerprint density at radius 1 is 1.45 bits per heavy atom. The van der Waals surface area contributed by atoms with Gasteiger partial charge in [0.2, 0.25) is 0 Å². The quantitative estimate of drug-likeness (QED) is 0.925. The molecule has 110 valence electrons. The van der Waals surface area contributed by atoms with Crippen LogP contribution in [0.2, 0.25) is 5.02 Å². The van der Waals surface area contributed by atoms with Crippen molar-refractivity contribution in [1.82, 2.24) is 0 Å². The maximum absolute atomic E-state index is 6.52. The summed E-state index contributed by atoms with van der Waals surface area (Å²) in [5.41, 5.74) is 7.70. The van der Waals surface area contributed by atoms with Gasteiger partial charge in [-0.25, -0.2) is 0 Å². The molecule has 3 rings (SSSR count). The van der Waals surface area contributed by atoms with Crippen LogP contribution in [0.25, 0.3) is 0 Å².